The quantitative estimate of drug-likeness (QED) is 0.378. The Kier molecular flexibility index (Phi) is 6.72. The van der Waals surface area contributed by atoms with Gasteiger partial charge in [0.15, 0.2) is 0 Å². The highest BCUT2D eigenvalue weighted by molar-refractivity contribution is 5.99. The van der Waals surface area contributed by atoms with Crippen molar-refractivity contribution in [1.29, 1.82) is 0 Å². The second kappa shape index (κ2) is 10.4. The van der Waals surface area contributed by atoms with Crippen LogP contribution >= 0.6 is 0 Å². The van der Waals surface area contributed by atoms with Crippen LogP contribution in [0.5, 0.6) is 11.6 Å². The molecule has 8 nitrogen and oxygen atoms in total. The lowest BCUT2D eigenvalue weighted by Gasteiger charge is -2.33. The van der Waals surface area contributed by atoms with Crippen LogP contribution in [0.2, 0.25) is 0 Å². The third-order valence-corrected chi connectivity index (χ3v) is 6.08. The summed E-state index contributed by atoms with van der Waals surface area (Å²) in [6.07, 6.45) is 3.90. The number of benzene rings is 3. The standard InChI is InChI=1S/C27H27N5O3/c1-34-22-13-15-32(16-14-22)21-9-12-24-25(17-21)28-18-29-26(24)35-23-10-7-20(8-11-23)31-27(33)30-19-5-3-2-4-6-19/h2-12,17-18,22H,13-16H2,1H3,(H2,30,31,33). The fourth-order valence-electron chi connectivity index (χ4n) is 4.18. The predicted molar refractivity (Wildman–Crippen MR) is 137 cm³/mol. The third kappa shape index (κ3) is 5.50. The molecule has 0 atom stereocenters. The number of hydrogen-bond acceptors (Lipinski definition) is 6. The summed E-state index contributed by atoms with van der Waals surface area (Å²) < 4.78 is 11.5. The van der Waals surface area contributed by atoms with Crippen LogP contribution < -0.4 is 20.3 Å². The Morgan fingerprint density at radius 3 is 2.34 bits per heavy atom. The number of amides is 2. The van der Waals surface area contributed by atoms with Crippen molar-refractivity contribution in [3.05, 3.63) is 79.1 Å². The molecule has 4 aromatic rings. The number of hydrogen-bond donors (Lipinski definition) is 2. The van der Waals surface area contributed by atoms with Crippen LogP contribution in [0.25, 0.3) is 10.9 Å². The Labute approximate surface area is 203 Å². The van der Waals surface area contributed by atoms with Gasteiger partial charge in [-0.3, -0.25) is 0 Å². The second-order valence-corrected chi connectivity index (χ2v) is 8.37. The fourth-order valence-corrected chi connectivity index (χ4v) is 4.18. The van der Waals surface area contributed by atoms with Crippen molar-refractivity contribution >= 4 is 34.0 Å². The van der Waals surface area contributed by atoms with E-state index in [1.54, 1.807) is 31.4 Å². The molecule has 1 fully saturated rings. The Hall–Kier alpha value is -4.17. The number of nitrogens with one attached hydrogen (secondary N) is 2. The second-order valence-electron chi connectivity index (χ2n) is 8.37. The largest absolute Gasteiger partial charge is 0.438 e. The van der Waals surface area contributed by atoms with E-state index in [0.717, 1.165) is 48.2 Å². The van der Waals surface area contributed by atoms with Gasteiger partial charge in [0.05, 0.1) is 17.0 Å². The van der Waals surface area contributed by atoms with Gasteiger partial charge in [0.2, 0.25) is 5.88 Å². The van der Waals surface area contributed by atoms with Gasteiger partial charge < -0.3 is 25.0 Å². The minimum atomic E-state index is -0.311. The zero-order valence-electron chi connectivity index (χ0n) is 19.5. The van der Waals surface area contributed by atoms with Crippen molar-refractivity contribution in [3.8, 4) is 11.6 Å². The molecular weight excluding hydrogens is 442 g/mol. The summed E-state index contributed by atoms with van der Waals surface area (Å²) in [5.41, 5.74) is 3.35. The van der Waals surface area contributed by atoms with Gasteiger partial charge in [0.1, 0.15) is 12.1 Å². The molecule has 0 aliphatic carbocycles. The molecule has 0 unspecified atom stereocenters. The maximum atomic E-state index is 12.2. The number of piperidine rings is 1. The van der Waals surface area contributed by atoms with E-state index in [9.17, 15) is 4.79 Å². The van der Waals surface area contributed by atoms with Crippen molar-refractivity contribution in [2.75, 3.05) is 35.7 Å². The van der Waals surface area contributed by atoms with Gasteiger partial charge in [-0.15, -0.1) is 0 Å². The van der Waals surface area contributed by atoms with Gasteiger partial charge >= 0.3 is 6.03 Å². The summed E-state index contributed by atoms with van der Waals surface area (Å²) in [5.74, 6) is 1.10. The van der Waals surface area contributed by atoms with Gasteiger partial charge in [0, 0.05) is 37.3 Å². The summed E-state index contributed by atoms with van der Waals surface area (Å²) in [6, 6.07) is 22.3. The first-order chi connectivity index (χ1) is 17.2. The van der Waals surface area contributed by atoms with E-state index >= 15 is 0 Å². The number of para-hydroxylation sites is 1. The van der Waals surface area contributed by atoms with E-state index in [4.69, 9.17) is 9.47 Å². The highest BCUT2D eigenvalue weighted by Crippen LogP contribution is 2.31. The zero-order chi connectivity index (χ0) is 24.0. The number of ether oxygens (including phenoxy) is 2. The molecule has 0 bridgehead atoms. The lowest BCUT2D eigenvalue weighted by molar-refractivity contribution is 0.0819. The molecule has 1 saturated heterocycles. The smallest absolute Gasteiger partial charge is 0.323 e. The summed E-state index contributed by atoms with van der Waals surface area (Å²) in [7, 11) is 1.78. The van der Waals surface area contributed by atoms with Crippen molar-refractivity contribution < 1.29 is 14.3 Å². The maximum absolute atomic E-state index is 12.2. The van der Waals surface area contributed by atoms with Crippen LogP contribution in [-0.4, -0.2) is 42.3 Å². The van der Waals surface area contributed by atoms with Crippen molar-refractivity contribution in [1.82, 2.24) is 9.97 Å². The van der Waals surface area contributed by atoms with Gasteiger partial charge in [0.25, 0.3) is 0 Å². The molecule has 178 valence electrons. The lowest BCUT2D eigenvalue weighted by atomic mass is 10.1. The van der Waals surface area contributed by atoms with Crippen LogP contribution in [-0.2, 0) is 4.74 Å². The van der Waals surface area contributed by atoms with E-state index in [0.29, 0.717) is 23.4 Å². The average molecular weight is 470 g/mol. The molecule has 0 radical (unpaired) electrons. The zero-order valence-corrected chi connectivity index (χ0v) is 19.5. The number of carbonyl (C=O) groups excluding carboxylic acids is 1. The van der Waals surface area contributed by atoms with Crippen LogP contribution in [0.1, 0.15) is 12.8 Å². The van der Waals surface area contributed by atoms with Crippen molar-refractivity contribution in [3.63, 3.8) is 0 Å². The first-order valence-electron chi connectivity index (χ1n) is 11.6. The normalized spacial score (nSPS) is 14.0. The number of fused-ring (bicyclic) bond motifs is 1. The summed E-state index contributed by atoms with van der Waals surface area (Å²) in [4.78, 5) is 23.4. The van der Waals surface area contributed by atoms with Gasteiger partial charge in [-0.25, -0.2) is 14.8 Å². The fraction of sp³-hybridized carbons (Fsp3) is 0.222. The lowest BCUT2D eigenvalue weighted by Crippen LogP contribution is -2.36. The molecular formula is C27H27N5O3. The van der Waals surface area contributed by atoms with Crippen molar-refractivity contribution in [2.45, 2.75) is 18.9 Å². The first-order valence-corrected chi connectivity index (χ1v) is 11.6. The molecule has 35 heavy (non-hydrogen) atoms. The molecule has 3 aromatic carbocycles. The van der Waals surface area contributed by atoms with Crippen LogP contribution in [0.15, 0.2) is 79.1 Å². The molecule has 1 aliphatic heterocycles. The van der Waals surface area contributed by atoms with E-state index in [1.165, 1.54) is 6.33 Å². The minimum Gasteiger partial charge on any atom is -0.438 e. The summed E-state index contributed by atoms with van der Waals surface area (Å²) in [5, 5.41) is 6.44. The van der Waals surface area contributed by atoms with Gasteiger partial charge in [-0.1, -0.05) is 18.2 Å². The monoisotopic (exact) mass is 469 g/mol. The number of nitrogens with zero attached hydrogens (tertiary/aromatic N) is 3. The predicted octanol–water partition coefficient (Wildman–Crippen LogP) is 5.68. The Bertz CT molecular complexity index is 1290. The Morgan fingerprint density at radius 1 is 0.914 bits per heavy atom. The summed E-state index contributed by atoms with van der Waals surface area (Å²) in [6.45, 7) is 1.92. The number of urea groups is 1. The van der Waals surface area contributed by atoms with E-state index in [2.05, 4.69) is 37.6 Å². The molecule has 2 heterocycles. The van der Waals surface area contributed by atoms with E-state index in [1.807, 2.05) is 36.4 Å². The van der Waals surface area contributed by atoms with E-state index < -0.39 is 0 Å². The highest BCUT2D eigenvalue weighted by atomic mass is 16.5. The van der Waals surface area contributed by atoms with Crippen LogP contribution in [0.3, 0.4) is 0 Å². The number of methoxy groups -OCH3 is 1. The SMILES string of the molecule is COC1CCN(c2ccc3c(Oc4ccc(NC(=O)Nc5ccccc5)cc4)ncnc3c2)CC1. The highest BCUT2D eigenvalue weighted by Gasteiger charge is 2.19. The molecule has 1 aromatic heterocycles. The van der Waals surface area contributed by atoms with Crippen LogP contribution in [0.4, 0.5) is 21.9 Å². The molecule has 0 saturated carbocycles. The molecule has 2 amide bonds. The molecule has 2 N–H and O–H groups in total. The van der Waals surface area contributed by atoms with Gasteiger partial charge in [-0.2, -0.15) is 0 Å². The van der Waals surface area contributed by atoms with Gasteiger partial charge in [-0.05, 0) is 67.4 Å². The number of carbonyl (C=O) groups is 1. The Morgan fingerprint density at radius 2 is 1.63 bits per heavy atom. The molecule has 1 aliphatic rings. The summed E-state index contributed by atoms with van der Waals surface area (Å²) >= 11 is 0. The first kappa shape index (κ1) is 22.6. The maximum Gasteiger partial charge on any atom is 0.323 e. The number of rotatable bonds is 6. The number of anilines is 3. The Balaban J connectivity index is 1.25. The average Bonchev–Trinajstić information content (AvgIpc) is 2.90. The topological polar surface area (TPSA) is 88.6 Å². The molecule has 8 heteroatoms. The minimum absolute atomic E-state index is 0.311. The van der Waals surface area contributed by atoms with Crippen molar-refractivity contribution in [2.24, 2.45) is 0 Å². The molecule has 5 rings (SSSR count). The number of aromatic nitrogens is 2. The third-order valence-electron chi connectivity index (χ3n) is 6.08. The van der Waals surface area contributed by atoms with E-state index in [-0.39, 0.29) is 6.03 Å². The molecule has 0 spiro atoms. The van der Waals surface area contributed by atoms with Crippen LogP contribution in [0, 0.1) is 0 Å².